The fraction of sp³-hybridized carbons (Fsp3) is 0.750. The van der Waals surface area contributed by atoms with Crippen molar-refractivity contribution >= 4 is 17.9 Å². The number of carboxylic acid groups (broad SMARTS) is 1. The number of allylic oxidation sites excluding steroid dienone is 6. The first-order valence-corrected chi connectivity index (χ1v) is 17.0. The van der Waals surface area contributed by atoms with Gasteiger partial charge in [-0.15, -0.1) is 0 Å². The van der Waals surface area contributed by atoms with Crippen LogP contribution in [-0.4, -0.2) is 75.5 Å². The third-order valence-electron chi connectivity index (χ3n) is 7.25. The highest BCUT2D eigenvalue weighted by atomic mass is 16.6. The Hall–Kier alpha value is -2.45. The lowest BCUT2D eigenvalue weighted by Crippen LogP contribution is -2.55. The molecule has 0 spiro atoms. The van der Waals surface area contributed by atoms with E-state index in [9.17, 15) is 19.5 Å². The van der Waals surface area contributed by atoms with Gasteiger partial charge in [-0.3, -0.25) is 9.59 Å². The third kappa shape index (κ3) is 26.0. The number of aliphatic carboxylic acids is 1. The molecule has 0 bridgehead atoms. The van der Waals surface area contributed by atoms with E-state index in [0.29, 0.717) is 19.3 Å². The van der Waals surface area contributed by atoms with Gasteiger partial charge in [0.05, 0.1) is 40.3 Å². The minimum Gasteiger partial charge on any atom is -0.544 e. The predicted octanol–water partition coefficient (Wildman–Crippen LogP) is 6.62. The first-order chi connectivity index (χ1) is 21.1. The van der Waals surface area contributed by atoms with E-state index in [0.717, 1.165) is 44.9 Å². The smallest absolute Gasteiger partial charge is 0.306 e. The molecule has 254 valence electrons. The third-order valence-corrected chi connectivity index (χ3v) is 7.25. The van der Waals surface area contributed by atoms with E-state index in [2.05, 4.69) is 43.4 Å². The molecule has 0 aromatic heterocycles. The summed E-state index contributed by atoms with van der Waals surface area (Å²) in [5.41, 5.74) is 0. The zero-order valence-corrected chi connectivity index (χ0v) is 28.6. The average molecular weight is 622 g/mol. The van der Waals surface area contributed by atoms with Gasteiger partial charge in [-0.1, -0.05) is 88.8 Å². The number of carbonyl (C=O) groups is 3. The second kappa shape index (κ2) is 28.1. The molecular formula is C36H63NO7. The molecular weight excluding hydrogens is 558 g/mol. The number of ether oxygens (including phenoxy) is 3. The zero-order valence-electron chi connectivity index (χ0n) is 28.6. The summed E-state index contributed by atoms with van der Waals surface area (Å²) in [5.74, 6) is -1.82. The maximum Gasteiger partial charge on any atom is 0.306 e. The summed E-state index contributed by atoms with van der Waals surface area (Å²) < 4.78 is 16.6. The van der Waals surface area contributed by atoms with Crippen LogP contribution in [0.4, 0.5) is 0 Å². The van der Waals surface area contributed by atoms with Crippen LogP contribution in [0.1, 0.15) is 123 Å². The van der Waals surface area contributed by atoms with Gasteiger partial charge in [0.15, 0.2) is 6.10 Å². The lowest BCUT2D eigenvalue weighted by Gasteiger charge is -2.34. The number of carbonyl (C=O) groups excluding carboxylic acids is 3. The van der Waals surface area contributed by atoms with Crippen molar-refractivity contribution in [2.45, 2.75) is 135 Å². The monoisotopic (exact) mass is 621 g/mol. The molecule has 8 heteroatoms. The first kappa shape index (κ1) is 41.5. The van der Waals surface area contributed by atoms with Crippen molar-refractivity contribution in [1.82, 2.24) is 0 Å². The molecule has 0 radical (unpaired) electrons. The molecule has 0 amide bonds. The summed E-state index contributed by atoms with van der Waals surface area (Å²) in [4.78, 5) is 35.7. The molecule has 0 aromatic rings. The number of hydrogen-bond acceptors (Lipinski definition) is 7. The number of likely N-dealkylation sites (N-methyl/N-ethyl adjacent to an activating group) is 1. The minimum atomic E-state index is -1.13. The van der Waals surface area contributed by atoms with Crippen molar-refractivity contribution < 1.29 is 38.2 Å². The molecule has 0 saturated heterocycles. The maximum absolute atomic E-state index is 12.4. The number of hydrogen-bond donors (Lipinski definition) is 0. The number of rotatable bonds is 29. The van der Waals surface area contributed by atoms with Gasteiger partial charge in [-0.05, 0) is 51.4 Å². The van der Waals surface area contributed by atoms with Gasteiger partial charge < -0.3 is 28.6 Å². The van der Waals surface area contributed by atoms with E-state index in [-0.39, 0.29) is 42.7 Å². The van der Waals surface area contributed by atoms with Crippen molar-refractivity contribution in [1.29, 1.82) is 0 Å². The standard InChI is InChI=1S/C36H63NO7/c1-6-8-9-10-11-12-13-14-15-16-17-18-19-20-21-22-23-24-25-27-35(39)44-32(31-43-34(38)26-7-2)30-42-29-28-33(36(40)41)37(3,4)5/h11-12,14-15,17-18,32-33H,6-10,13,16,19-31H2,1-5H3/b12-11-,15-14-,18-17-. The fourth-order valence-corrected chi connectivity index (χ4v) is 4.58. The van der Waals surface area contributed by atoms with Crippen molar-refractivity contribution in [2.24, 2.45) is 0 Å². The molecule has 2 atom stereocenters. The van der Waals surface area contributed by atoms with Crippen LogP contribution in [-0.2, 0) is 28.6 Å². The summed E-state index contributed by atoms with van der Waals surface area (Å²) >= 11 is 0. The van der Waals surface area contributed by atoms with E-state index in [4.69, 9.17) is 14.2 Å². The van der Waals surface area contributed by atoms with Gasteiger partial charge in [0.25, 0.3) is 0 Å². The molecule has 44 heavy (non-hydrogen) atoms. The molecule has 0 aliphatic rings. The van der Waals surface area contributed by atoms with Crippen LogP contribution in [0.15, 0.2) is 36.5 Å². The molecule has 0 heterocycles. The SMILES string of the molecule is CCCCC/C=C\C/C=C\C/C=C\CCCCCCCCC(=O)OC(COCCC(C(=O)[O-])[N+](C)(C)C)COC(=O)CCC. The predicted molar refractivity (Wildman–Crippen MR) is 176 cm³/mol. The van der Waals surface area contributed by atoms with Crippen LogP contribution in [0.25, 0.3) is 0 Å². The first-order valence-electron chi connectivity index (χ1n) is 17.0. The highest BCUT2D eigenvalue weighted by Crippen LogP contribution is 2.12. The molecule has 0 aromatic carbocycles. The summed E-state index contributed by atoms with van der Waals surface area (Å²) in [6.07, 6.45) is 28.8. The van der Waals surface area contributed by atoms with Gasteiger partial charge in [0.1, 0.15) is 12.6 Å². The summed E-state index contributed by atoms with van der Waals surface area (Å²) in [7, 11) is 5.35. The van der Waals surface area contributed by atoms with Crippen molar-refractivity contribution in [3.8, 4) is 0 Å². The average Bonchev–Trinajstić information content (AvgIpc) is 2.96. The normalized spacial score (nSPS) is 13.6. The van der Waals surface area contributed by atoms with Crippen LogP contribution in [0, 0.1) is 0 Å². The number of nitrogens with zero attached hydrogens (tertiary/aromatic N) is 1. The topological polar surface area (TPSA) is 102 Å². The van der Waals surface area contributed by atoms with Gasteiger partial charge in [0, 0.05) is 19.3 Å². The quantitative estimate of drug-likeness (QED) is 0.0400. The molecule has 0 aliphatic heterocycles. The molecule has 0 fully saturated rings. The van der Waals surface area contributed by atoms with Crippen molar-refractivity contribution in [2.75, 3.05) is 41.0 Å². The Morgan fingerprint density at radius 2 is 1.25 bits per heavy atom. The molecule has 0 aliphatic carbocycles. The summed E-state index contributed by atoms with van der Waals surface area (Å²) in [6, 6.07) is -0.723. The van der Waals surface area contributed by atoms with E-state index in [1.54, 1.807) is 21.1 Å². The summed E-state index contributed by atoms with van der Waals surface area (Å²) in [5, 5.41) is 11.5. The number of carboxylic acids is 1. The second-order valence-corrected chi connectivity index (χ2v) is 12.4. The molecule has 8 nitrogen and oxygen atoms in total. The van der Waals surface area contributed by atoms with Crippen molar-refractivity contribution in [3.63, 3.8) is 0 Å². The van der Waals surface area contributed by atoms with Crippen LogP contribution in [0.3, 0.4) is 0 Å². The fourth-order valence-electron chi connectivity index (χ4n) is 4.58. The largest absolute Gasteiger partial charge is 0.544 e. The van der Waals surface area contributed by atoms with E-state index < -0.39 is 18.1 Å². The number of esters is 2. The Kier molecular flexibility index (Phi) is 26.5. The molecule has 0 rings (SSSR count). The van der Waals surface area contributed by atoms with Gasteiger partial charge in [-0.25, -0.2) is 0 Å². The maximum atomic E-state index is 12.4. The lowest BCUT2D eigenvalue weighted by atomic mass is 10.1. The van der Waals surface area contributed by atoms with Crippen molar-refractivity contribution in [3.05, 3.63) is 36.5 Å². The molecule has 0 saturated carbocycles. The Balaban J connectivity index is 4.12. The Morgan fingerprint density at radius 3 is 1.82 bits per heavy atom. The Morgan fingerprint density at radius 1 is 0.682 bits per heavy atom. The minimum absolute atomic E-state index is 0.0311. The molecule has 0 N–H and O–H groups in total. The highest BCUT2D eigenvalue weighted by Gasteiger charge is 2.25. The number of unbranched alkanes of at least 4 members (excludes halogenated alkanes) is 9. The Labute approximate surface area is 268 Å². The molecule has 2 unspecified atom stereocenters. The zero-order chi connectivity index (χ0) is 32.9. The highest BCUT2D eigenvalue weighted by molar-refractivity contribution is 5.70. The van der Waals surface area contributed by atoms with E-state index in [1.807, 2.05) is 6.92 Å². The Bertz CT molecular complexity index is 829. The van der Waals surface area contributed by atoms with Crippen LogP contribution < -0.4 is 5.11 Å². The second-order valence-electron chi connectivity index (χ2n) is 12.4. The summed E-state index contributed by atoms with van der Waals surface area (Å²) in [6.45, 7) is 4.23. The van der Waals surface area contributed by atoms with Crippen LogP contribution >= 0.6 is 0 Å². The number of quaternary nitrogens is 1. The lowest BCUT2D eigenvalue weighted by molar-refractivity contribution is -0.889. The van der Waals surface area contributed by atoms with Crippen LogP contribution in [0.2, 0.25) is 0 Å². The van der Waals surface area contributed by atoms with E-state index >= 15 is 0 Å². The van der Waals surface area contributed by atoms with Gasteiger partial charge >= 0.3 is 11.9 Å². The van der Waals surface area contributed by atoms with Gasteiger partial charge in [-0.2, -0.15) is 0 Å². The van der Waals surface area contributed by atoms with Gasteiger partial charge in [0.2, 0.25) is 0 Å². The van der Waals surface area contributed by atoms with E-state index in [1.165, 1.54) is 38.5 Å². The van der Waals surface area contributed by atoms with Crippen LogP contribution in [0.5, 0.6) is 0 Å².